The third kappa shape index (κ3) is 2.07. The second-order valence-corrected chi connectivity index (χ2v) is 4.95. The molecule has 0 aliphatic heterocycles. The number of carboxylic acid groups (broad SMARTS) is 1. The van der Waals surface area contributed by atoms with Gasteiger partial charge in [-0.25, -0.2) is 13.8 Å². The summed E-state index contributed by atoms with van der Waals surface area (Å²) in [5.41, 5.74) is 0.418. The first-order chi connectivity index (χ1) is 9.04. The zero-order valence-electron chi connectivity index (χ0n) is 9.99. The van der Waals surface area contributed by atoms with Gasteiger partial charge in [-0.3, -0.25) is 4.79 Å². The topological polar surface area (TPSA) is 66.0 Å². The number of carboxylic acids is 1. The summed E-state index contributed by atoms with van der Waals surface area (Å²) < 4.78 is 26.6. The molecule has 2 unspecified atom stereocenters. The van der Waals surface area contributed by atoms with Crippen LogP contribution >= 0.6 is 0 Å². The van der Waals surface area contributed by atoms with Crippen LogP contribution in [-0.4, -0.2) is 21.0 Å². The summed E-state index contributed by atoms with van der Waals surface area (Å²) in [4.78, 5) is 17.9. The van der Waals surface area contributed by atoms with Crippen molar-refractivity contribution in [3.05, 3.63) is 29.6 Å². The summed E-state index contributed by atoms with van der Waals surface area (Å²) >= 11 is 0. The molecule has 2 aromatic rings. The molecule has 6 heteroatoms. The number of carbonyl (C=O) groups is 1. The Bertz CT molecular complexity index is 653. The minimum Gasteiger partial charge on any atom is -0.481 e. The van der Waals surface area contributed by atoms with E-state index in [0.717, 1.165) is 6.07 Å². The van der Waals surface area contributed by atoms with Crippen LogP contribution in [0.2, 0.25) is 0 Å². The minimum atomic E-state index is -0.809. The van der Waals surface area contributed by atoms with Crippen molar-refractivity contribution in [2.45, 2.75) is 25.2 Å². The number of nitrogens with one attached hydrogen (secondary N) is 1. The molecule has 0 spiro atoms. The Hall–Kier alpha value is -1.98. The Labute approximate surface area is 107 Å². The van der Waals surface area contributed by atoms with Crippen molar-refractivity contribution in [2.24, 2.45) is 5.92 Å². The molecule has 1 heterocycles. The SMILES string of the molecule is O=C(O)C1CCC(c2nc3c(F)cc(F)cc3[nH]2)C1. The molecule has 1 aromatic heterocycles. The lowest BCUT2D eigenvalue weighted by molar-refractivity contribution is -0.141. The van der Waals surface area contributed by atoms with E-state index < -0.39 is 17.6 Å². The summed E-state index contributed by atoms with van der Waals surface area (Å²) in [5.74, 6) is -2.03. The molecule has 2 N–H and O–H groups in total. The van der Waals surface area contributed by atoms with Crippen molar-refractivity contribution < 1.29 is 18.7 Å². The normalized spacial score (nSPS) is 23.1. The van der Waals surface area contributed by atoms with Gasteiger partial charge < -0.3 is 10.1 Å². The van der Waals surface area contributed by atoms with Crippen molar-refractivity contribution in [1.29, 1.82) is 0 Å². The van der Waals surface area contributed by atoms with E-state index in [2.05, 4.69) is 9.97 Å². The number of rotatable bonds is 2. The van der Waals surface area contributed by atoms with Crippen LogP contribution in [0.4, 0.5) is 8.78 Å². The Morgan fingerprint density at radius 1 is 1.37 bits per heavy atom. The van der Waals surface area contributed by atoms with Crippen LogP contribution in [-0.2, 0) is 4.79 Å². The third-order valence-electron chi connectivity index (χ3n) is 3.69. The lowest BCUT2D eigenvalue weighted by atomic mass is 10.0. The average Bonchev–Trinajstić information content (AvgIpc) is 2.92. The molecule has 100 valence electrons. The van der Waals surface area contributed by atoms with Gasteiger partial charge in [0.15, 0.2) is 5.82 Å². The fraction of sp³-hybridized carbons (Fsp3) is 0.385. The van der Waals surface area contributed by atoms with Crippen LogP contribution in [0.3, 0.4) is 0 Å². The van der Waals surface area contributed by atoms with Gasteiger partial charge >= 0.3 is 5.97 Å². The number of hydrogen-bond acceptors (Lipinski definition) is 2. The van der Waals surface area contributed by atoms with Crippen LogP contribution in [0.15, 0.2) is 12.1 Å². The van der Waals surface area contributed by atoms with Crippen LogP contribution < -0.4 is 0 Å². The molecule has 0 bridgehead atoms. The van der Waals surface area contributed by atoms with Crippen molar-refractivity contribution in [2.75, 3.05) is 0 Å². The van der Waals surface area contributed by atoms with Crippen molar-refractivity contribution in [1.82, 2.24) is 9.97 Å². The highest BCUT2D eigenvalue weighted by atomic mass is 19.1. The highest BCUT2D eigenvalue weighted by Gasteiger charge is 2.32. The minimum absolute atomic E-state index is 0.0315. The van der Waals surface area contributed by atoms with Gasteiger partial charge in [0.25, 0.3) is 0 Å². The fourth-order valence-corrected chi connectivity index (χ4v) is 2.71. The van der Waals surface area contributed by atoms with E-state index in [1.165, 1.54) is 6.07 Å². The standard InChI is InChI=1S/C13H12F2N2O2/c14-8-4-9(15)11-10(5-8)16-12(17-11)6-1-2-7(3-6)13(18)19/h4-7H,1-3H2,(H,16,17)(H,18,19). The Morgan fingerprint density at radius 3 is 2.84 bits per heavy atom. The second-order valence-electron chi connectivity index (χ2n) is 4.95. The monoisotopic (exact) mass is 266 g/mol. The molecule has 1 fully saturated rings. The van der Waals surface area contributed by atoms with Crippen LogP contribution in [0, 0.1) is 17.6 Å². The largest absolute Gasteiger partial charge is 0.481 e. The van der Waals surface area contributed by atoms with E-state index in [-0.39, 0.29) is 17.4 Å². The maximum absolute atomic E-state index is 13.5. The number of H-pyrrole nitrogens is 1. The number of fused-ring (bicyclic) bond motifs is 1. The van der Waals surface area contributed by atoms with E-state index >= 15 is 0 Å². The first-order valence-electron chi connectivity index (χ1n) is 6.12. The van der Waals surface area contributed by atoms with Gasteiger partial charge in [-0.15, -0.1) is 0 Å². The molecule has 0 saturated heterocycles. The summed E-state index contributed by atoms with van der Waals surface area (Å²) in [6.45, 7) is 0. The smallest absolute Gasteiger partial charge is 0.306 e. The van der Waals surface area contributed by atoms with Gasteiger partial charge in [-0.1, -0.05) is 0 Å². The summed E-state index contributed by atoms with van der Waals surface area (Å²) in [7, 11) is 0. The van der Waals surface area contributed by atoms with E-state index in [0.29, 0.717) is 30.6 Å². The van der Waals surface area contributed by atoms with Crippen molar-refractivity contribution in [3.8, 4) is 0 Å². The first kappa shape index (κ1) is 12.1. The molecular formula is C13H12F2N2O2. The zero-order chi connectivity index (χ0) is 13.6. The lowest BCUT2D eigenvalue weighted by Crippen LogP contribution is -2.09. The number of aliphatic carboxylic acids is 1. The Balaban J connectivity index is 1.94. The molecule has 19 heavy (non-hydrogen) atoms. The first-order valence-corrected chi connectivity index (χ1v) is 6.12. The molecule has 0 radical (unpaired) electrons. The summed E-state index contributed by atoms with van der Waals surface area (Å²) in [6, 6.07) is 1.99. The fourth-order valence-electron chi connectivity index (χ4n) is 2.71. The number of benzene rings is 1. The Morgan fingerprint density at radius 2 is 2.16 bits per heavy atom. The van der Waals surface area contributed by atoms with Gasteiger partial charge in [0.2, 0.25) is 0 Å². The predicted molar refractivity (Wildman–Crippen MR) is 63.7 cm³/mol. The second kappa shape index (κ2) is 4.29. The number of halogens is 2. The van der Waals surface area contributed by atoms with Crippen LogP contribution in [0.1, 0.15) is 31.0 Å². The zero-order valence-corrected chi connectivity index (χ0v) is 9.99. The highest BCUT2D eigenvalue weighted by Crippen LogP contribution is 2.37. The maximum atomic E-state index is 13.5. The average molecular weight is 266 g/mol. The number of imidazole rings is 1. The molecule has 1 aliphatic carbocycles. The lowest BCUT2D eigenvalue weighted by Gasteiger charge is -2.04. The maximum Gasteiger partial charge on any atom is 0.306 e. The predicted octanol–water partition coefficient (Wildman–Crippen LogP) is 2.81. The van der Waals surface area contributed by atoms with E-state index in [4.69, 9.17) is 5.11 Å². The van der Waals surface area contributed by atoms with Crippen molar-refractivity contribution >= 4 is 17.0 Å². The Kier molecular flexibility index (Phi) is 2.73. The molecule has 1 aliphatic rings. The number of hydrogen-bond donors (Lipinski definition) is 2. The molecule has 3 rings (SSSR count). The van der Waals surface area contributed by atoms with E-state index in [1.54, 1.807) is 0 Å². The summed E-state index contributed by atoms with van der Waals surface area (Å²) in [5, 5.41) is 8.96. The molecule has 1 saturated carbocycles. The molecule has 0 amide bonds. The molecular weight excluding hydrogens is 254 g/mol. The van der Waals surface area contributed by atoms with Gasteiger partial charge in [-0.2, -0.15) is 0 Å². The third-order valence-corrected chi connectivity index (χ3v) is 3.69. The van der Waals surface area contributed by atoms with Gasteiger partial charge in [0.05, 0.1) is 11.4 Å². The van der Waals surface area contributed by atoms with Gasteiger partial charge in [0, 0.05) is 12.0 Å². The molecule has 2 atom stereocenters. The highest BCUT2D eigenvalue weighted by molar-refractivity contribution is 5.76. The van der Waals surface area contributed by atoms with Gasteiger partial charge in [-0.05, 0) is 25.3 Å². The van der Waals surface area contributed by atoms with Crippen LogP contribution in [0.5, 0.6) is 0 Å². The summed E-state index contributed by atoms with van der Waals surface area (Å²) in [6.07, 6.45) is 1.77. The quantitative estimate of drug-likeness (QED) is 0.878. The molecule has 4 nitrogen and oxygen atoms in total. The van der Waals surface area contributed by atoms with E-state index in [1.807, 2.05) is 0 Å². The van der Waals surface area contributed by atoms with Crippen LogP contribution in [0.25, 0.3) is 11.0 Å². The number of nitrogens with zero attached hydrogens (tertiary/aromatic N) is 1. The van der Waals surface area contributed by atoms with Crippen molar-refractivity contribution in [3.63, 3.8) is 0 Å². The van der Waals surface area contributed by atoms with Gasteiger partial charge in [0.1, 0.15) is 17.2 Å². The number of aromatic amines is 1. The molecule has 1 aromatic carbocycles. The number of aromatic nitrogens is 2. The van der Waals surface area contributed by atoms with E-state index in [9.17, 15) is 13.6 Å².